The summed E-state index contributed by atoms with van der Waals surface area (Å²) in [7, 11) is 1.90. The minimum atomic E-state index is -0.315. The fourth-order valence-electron chi connectivity index (χ4n) is 3.12. The van der Waals surface area contributed by atoms with Crippen molar-refractivity contribution in [3.05, 3.63) is 17.7 Å². The lowest BCUT2D eigenvalue weighted by atomic mass is 9.85. The van der Waals surface area contributed by atoms with E-state index >= 15 is 0 Å². The molecule has 0 radical (unpaired) electrons. The smallest absolute Gasteiger partial charge is 0.230 e. The lowest BCUT2D eigenvalue weighted by molar-refractivity contribution is -0.131. The van der Waals surface area contributed by atoms with Gasteiger partial charge in [0.15, 0.2) is 0 Å². The van der Waals surface area contributed by atoms with E-state index in [4.69, 9.17) is 0 Å². The third kappa shape index (κ3) is 2.66. The molecule has 0 bridgehead atoms. The van der Waals surface area contributed by atoms with Gasteiger partial charge in [-0.1, -0.05) is 6.42 Å². The van der Waals surface area contributed by atoms with Crippen molar-refractivity contribution in [2.24, 2.45) is 13.0 Å². The number of aromatic nitrogens is 2. The number of aryl methyl sites for hydroxylation is 1. The lowest BCUT2D eigenvalue weighted by Crippen LogP contribution is -2.45. The second-order valence-electron chi connectivity index (χ2n) is 6.18. The van der Waals surface area contributed by atoms with Crippen molar-refractivity contribution in [1.82, 2.24) is 19.8 Å². The molecule has 3 rings (SSSR count). The first-order valence-electron chi connectivity index (χ1n) is 7.59. The van der Waals surface area contributed by atoms with Gasteiger partial charge in [0.25, 0.3) is 0 Å². The second kappa shape index (κ2) is 5.50. The monoisotopic (exact) mass is 290 g/mol. The molecule has 1 atom stereocenters. The molecule has 1 aliphatic carbocycles. The summed E-state index contributed by atoms with van der Waals surface area (Å²) < 4.78 is 1.90. The fraction of sp³-hybridized carbons (Fsp3) is 0.667. The molecular weight excluding hydrogens is 268 g/mol. The quantitative estimate of drug-likeness (QED) is 0.894. The Morgan fingerprint density at radius 1 is 1.43 bits per heavy atom. The van der Waals surface area contributed by atoms with E-state index in [0.717, 1.165) is 17.9 Å². The topological polar surface area (TPSA) is 67.2 Å². The summed E-state index contributed by atoms with van der Waals surface area (Å²) in [4.78, 5) is 30.2. The zero-order valence-corrected chi connectivity index (χ0v) is 12.6. The number of hydrogen-bond donors (Lipinski definition) is 1. The first-order chi connectivity index (χ1) is 10.1. The molecule has 2 heterocycles. The normalized spacial score (nSPS) is 21.6. The van der Waals surface area contributed by atoms with Gasteiger partial charge in [0.05, 0.1) is 30.2 Å². The molecule has 1 fully saturated rings. The molecule has 2 amide bonds. The van der Waals surface area contributed by atoms with Crippen molar-refractivity contribution in [1.29, 1.82) is 0 Å². The van der Waals surface area contributed by atoms with Gasteiger partial charge in [0, 0.05) is 27.1 Å². The standard InChI is InChI=1S/C15H22N4O2/c1-10(20)19-7-12(14-13(8-19)17-9-18(14)2)15(21)16-6-11-4-3-5-11/h9,11-12H,3-8H2,1-2H3,(H,16,21). The van der Waals surface area contributed by atoms with E-state index in [1.807, 2.05) is 11.6 Å². The van der Waals surface area contributed by atoms with E-state index in [0.29, 0.717) is 19.0 Å². The van der Waals surface area contributed by atoms with Crippen molar-refractivity contribution in [2.75, 3.05) is 13.1 Å². The summed E-state index contributed by atoms with van der Waals surface area (Å²) in [5, 5.41) is 3.05. The van der Waals surface area contributed by atoms with E-state index in [9.17, 15) is 9.59 Å². The number of amides is 2. The Morgan fingerprint density at radius 3 is 2.81 bits per heavy atom. The lowest BCUT2D eigenvalue weighted by Gasteiger charge is -2.32. The molecule has 114 valence electrons. The largest absolute Gasteiger partial charge is 0.355 e. The van der Waals surface area contributed by atoms with Crippen molar-refractivity contribution in [3.8, 4) is 0 Å². The molecule has 0 spiro atoms. The van der Waals surface area contributed by atoms with Crippen LogP contribution in [-0.4, -0.2) is 39.4 Å². The number of nitrogens with zero attached hydrogens (tertiary/aromatic N) is 3. The number of rotatable bonds is 3. The summed E-state index contributed by atoms with van der Waals surface area (Å²) in [6.07, 6.45) is 5.41. The van der Waals surface area contributed by atoms with Crippen LogP contribution in [0, 0.1) is 5.92 Å². The highest BCUT2D eigenvalue weighted by atomic mass is 16.2. The van der Waals surface area contributed by atoms with Crippen molar-refractivity contribution in [2.45, 2.75) is 38.6 Å². The summed E-state index contributed by atoms with van der Waals surface area (Å²) in [5.41, 5.74) is 1.78. The van der Waals surface area contributed by atoms with E-state index in [2.05, 4.69) is 10.3 Å². The molecule has 1 unspecified atom stereocenters. The maximum absolute atomic E-state index is 12.5. The maximum atomic E-state index is 12.5. The predicted molar refractivity (Wildman–Crippen MR) is 77.4 cm³/mol. The van der Waals surface area contributed by atoms with Gasteiger partial charge in [-0.05, 0) is 18.8 Å². The van der Waals surface area contributed by atoms with Crippen LogP contribution in [0.2, 0.25) is 0 Å². The van der Waals surface area contributed by atoms with E-state index in [-0.39, 0.29) is 17.7 Å². The molecule has 2 aliphatic rings. The van der Waals surface area contributed by atoms with E-state index in [1.165, 1.54) is 26.2 Å². The van der Waals surface area contributed by atoms with Crippen LogP contribution in [0.5, 0.6) is 0 Å². The zero-order chi connectivity index (χ0) is 15.0. The molecule has 1 aromatic heterocycles. The van der Waals surface area contributed by atoms with Crippen LogP contribution in [0.15, 0.2) is 6.33 Å². The van der Waals surface area contributed by atoms with Gasteiger partial charge in [-0.3, -0.25) is 9.59 Å². The first kappa shape index (κ1) is 14.1. The molecule has 0 saturated heterocycles. The van der Waals surface area contributed by atoms with Crippen LogP contribution in [0.25, 0.3) is 0 Å². The highest BCUT2D eigenvalue weighted by Gasteiger charge is 2.35. The molecule has 21 heavy (non-hydrogen) atoms. The molecule has 1 saturated carbocycles. The minimum Gasteiger partial charge on any atom is -0.355 e. The van der Waals surface area contributed by atoms with Gasteiger partial charge in [-0.2, -0.15) is 0 Å². The highest BCUT2D eigenvalue weighted by Crippen LogP contribution is 2.29. The van der Waals surface area contributed by atoms with Crippen molar-refractivity contribution in [3.63, 3.8) is 0 Å². The van der Waals surface area contributed by atoms with Gasteiger partial charge in [0.1, 0.15) is 0 Å². The summed E-state index contributed by atoms with van der Waals surface area (Å²) in [5.74, 6) is 0.318. The molecule has 1 aromatic rings. The van der Waals surface area contributed by atoms with E-state index < -0.39 is 0 Å². The Bertz CT molecular complexity index is 562. The van der Waals surface area contributed by atoms with Crippen LogP contribution in [0.4, 0.5) is 0 Å². The number of imidazole rings is 1. The molecule has 6 nitrogen and oxygen atoms in total. The van der Waals surface area contributed by atoms with Crippen molar-refractivity contribution >= 4 is 11.8 Å². The fourth-order valence-corrected chi connectivity index (χ4v) is 3.12. The Hall–Kier alpha value is -1.85. The maximum Gasteiger partial charge on any atom is 0.230 e. The average molecular weight is 290 g/mol. The summed E-state index contributed by atoms with van der Waals surface area (Å²) in [6.45, 7) is 3.23. The zero-order valence-electron chi connectivity index (χ0n) is 12.6. The van der Waals surface area contributed by atoms with Gasteiger partial charge >= 0.3 is 0 Å². The number of fused-ring (bicyclic) bond motifs is 1. The third-order valence-electron chi connectivity index (χ3n) is 4.69. The Morgan fingerprint density at radius 2 is 2.19 bits per heavy atom. The average Bonchev–Trinajstić information content (AvgIpc) is 2.77. The number of hydrogen-bond acceptors (Lipinski definition) is 3. The van der Waals surface area contributed by atoms with Crippen LogP contribution in [-0.2, 0) is 23.2 Å². The minimum absolute atomic E-state index is 0.0110. The molecular formula is C15H22N4O2. The molecule has 1 N–H and O–H groups in total. The first-order valence-corrected chi connectivity index (χ1v) is 7.59. The van der Waals surface area contributed by atoms with Gasteiger partial charge in [-0.15, -0.1) is 0 Å². The van der Waals surface area contributed by atoms with Crippen molar-refractivity contribution < 1.29 is 9.59 Å². The summed E-state index contributed by atoms with van der Waals surface area (Å²) >= 11 is 0. The van der Waals surface area contributed by atoms with Crippen LogP contribution in [0.3, 0.4) is 0 Å². The molecule has 0 aromatic carbocycles. The Kier molecular flexibility index (Phi) is 3.69. The summed E-state index contributed by atoms with van der Waals surface area (Å²) in [6, 6.07) is 0. The van der Waals surface area contributed by atoms with E-state index in [1.54, 1.807) is 11.2 Å². The van der Waals surface area contributed by atoms with Gasteiger partial charge < -0.3 is 14.8 Å². The van der Waals surface area contributed by atoms with Gasteiger partial charge in [-0.25, -0.2) is 4.98 Å². The third-order valence-corrected chi connectivity index (χ3v) is 4.69. The Balaban J connectivity index is 1.76. The molecule has 6 heteroatoms. The van der Waals surface area contributed by atoms with Crippen LogP contribution in [0.1, 0.15) is 43.5 Å². The van der Waals surface area contributed by atoms with Gasteiger partial charge in [0.2, 0.25) is 11.8 Å². The Labute approximate surface area is 124 Å². The van der Waals surface area contributed by atoms with Crippen LogP contribution < -0.4 is 5.32 Å². The predicted octanol–water partition coefficient (Wildman–Crippen LogP) is 0.782. The van der Waals surface area contributed by atoms with Crippen LogP contribution >= 0.6 is 0 Å². The highest BCUT2D eigenvalue weighted by molar-refractivity contribution is 5.85. The number of carbonyl (C=O) groups excluding carboxylic acids is 2. The SMILES string of the molecule is CC(=O)N1Cc2ncn(C)c2C(C(=O)NCC2CCC2)C1. The number of carbonyl (C=O) groups is 2. The second-order valence-corrected chi connectivity index (χ2v) is 6.18. The molecule has 1 aliphatic heterocycles. The number of nitrogens with one attached hydrogen (secondary N) is 1.